The molecule has 3 nitrogen and oxygen atoms in total. The summed E-state index contributed by atoms with van der Waals surface area (Å²) in [6.45, 7) is 0.724. The van der Waals surface area contributed by atoms with Crippen LogP contribution in [0.3, 0.4) is 0 Å². The number of rotatable bonds is 7. The second-order valence-corrected chi connectivity index (χ2v) is 6.81. The number of hydrogen-bond donors (Lipinski definition) is 1. The highest BCUT2D eigenvalue weighted by atomic mass is 32.2. The zero-order valence-corrected chi connectivity index (χ0v) is 14.3. The Hall–Kier alpha value is -0.925. The van der Waals surface area contributed by atoms with Crippen LogP contribution in [0, 0.1) is 0 Å². The van der Waals surface area contributed by atoms with Gasteiger partial charge >= 0.3 is 0 Å². The largest absolute Gasteiger partial charge is 0.493 e. The Morgan fingerprint density at radius 2 is 2.24 bits per heavy atom. The van der Waals surface area contributed by atoms with Gasteiger partial charge in [0.2, 0.25) is 0 Å². The van der Waals surface area contributed by atoms with Crippen LogP contribution in [-0.2, 0) is 0 Å². The highest BCUT2D eigenvalue weighted by Gasteiger charge is 2.16. The smallest absolute Gasteiger partial charge is 0.136 e. The van der Waals surface area contributed by atoms with Crippen molar-refractivity contribution in [3.63, 3.8) is 0 Å². The molecule has 2 radical (unpaired) electrons. The van der Waals surface area contributed by atoms with Gasteiger partial charge in [-0.3, -0.25) is 4.99 Å². The second-order valence-electron chi connectivity index (χ2n) is 4.62. The fraction of sp³-hybridized carbons (Fsp3) is 0.400. The Morgan fingerprint density at radius 3 is 3.00 bits per heavy atom. The van der Waals surface area contributed by atoms with E-state index in [2.05, 4.69) is 16.6 Å². The van der Waals surface area contributed by atoms with Gasteiger partial charge in [0, 0.05) is 12.6 Å². The van der Waals surface area contributed by atoms with Crippen molar-refractivity contribution in [2.45, 2.75) is 6.42 Å². The molecule has 0 fully saturated rings. The van der Waals surface area contributed by atoms with Crippen LogP contribution < -0.4 is 10.1 Å². The normalized spacial score (nSPS) is 16.0. The number of ether oxygens (including phenoxy) is 1. The minimum absolute atomic E-state index is 0.632. The van der Waals surface area contributed by atoms with Gasteiger partial charge in [-0.1, -0.05) is 20.7 Å². The van der Waals surface area contributed by atoms with E-state index < -0.39 is 0 Å². The molecule has 1 aliphatic heterocycles. The zero-order chi connectivity index (χ0) is 15.1. The summed E-state index contributed by atoms with van der Waals surface area (Å²) in [5.74, 6) is 1.99. The number of nitrogens with zero attached hydrogens (tertiary/aromatic N) is 1. The van der Waals surface area contributed by atoms with E-state index in [1.165, 1.54) is 0 Å². The van der Waals surface area contributed by atoms with Gasteiger partial charge in [0.05, 0.1) is 17.7 Å². The van der Waals surface area contributed by atoms with Crippen LogP contribution in [0.1, 0.15) is 12.0 Å². The third-order valence-corrected chi connectivity index (χ3v) is 5.16. The quantitative estimate of drug-likeness (QED) is 0.477. The molecule has 0 aromatic heterocycles. The van der Waals surface area contributed by atoms with E-state index >= 15 is 0 Å². The molecule has 1 unspecified atom stereocenters. The highest BCUT2D eigenvalue weighted by molar-refractivity contribution is 7.98. The first-order valence-corrected chi connectivity index (χ1v) is 9.56. The van der Waals surface area contributed by atoms with E-state index in [0.717, 1.165) is 47.4 Å². The predicted octanol–water partition coefficient (Wildman–Crippen LogP) is 2.92. The molecule has 0 saturated heterocycles. The monoisotopic (exact) mass is 318 g/mol. The van der Waals surface area contributed by atoms with Crippen molar-refractivity contribution in [2.75, 3.05) is 31.8 Å². The van der Waals surface area contributed by atoms with Crippen LogP contribution in [0.4, 0.5) is 0 Å². The van der Waals surface area contributed by atoms with E-state index in [0.29, 0.717) is 14.2 Å². The first kappa shape index (κ1) is 16.4. The molecule has 6 heteroatoms. The van der Waals surface area contributed by atoms with Crippen molar-refractivity contribution in [3.8, 4) is 5.75 Å². The number of aliphatic imine (C=N–C) groups is 1. The molecule has 1 N–H and O–H groups in total. The number of nitrogens with one attached hydrogen (secondary N) is 1. The van der Waals surface area contributed by atoms with Gasteiger partial charge in [0.1, 0.15) is 13.6 Å². The molecule has 1 aliphatic rings. The molecule has 0 bridgehead atoms. The fourth-order valence-corrected chi connectivity index (χ4v) is 3.46. The standard InChI is InChI=1S/C15H20BN2OPS/c1-17-15-14(18-13(16)10-20-15)11-6-3-4-7-12(11)19-8-5-9-21-2/h3-4,6-7,17,20H,5,8-10H2,1-2H3. The summed E-state index contributed by atoms with van der Waals surface area (Å²) >= 11 is 1.84. The average Bonchev–Trinajstić information content (AvgIpc) is 2.52. The Labute approximate surface area is 134 Å². The Balaban J connectivity index is 2.24. The van der Waals surface area contributed by atoms with Crippen LogP contribution in [0.5, 0.6) is 5.75 Å². The second kappa shape index (κ2) is 8.50. The summed E-state index contributed by atoms with van der Waals surface area (Å²) in [6, 6.07) is 8.04. The number of hydrogen-bond acceptors (Lipinski definition) is 4. The van der Waals surface area contributed by atoms with E-state index in [4.69, 9.17) is 12.6 Å². The van der Waals surface area contributed by atoms with Gasteiger partial charge in [-0.15, -0.1) is 0 Å². The van der Waals surface area contributed by atoms with E-state index in [-0.39, 0.29) is 0 Å². The van der Waals surface area contributed by atoms with Crippen LogP contribution in [0.25, 0.3) is 5.70 Å². The summed E-state index contributed by atoms with van der Waals surface area (Å²) < 4.78 is 5.94. The van der Waals surface area contributed by atoms with Crippen molar-refractivity contribution in [1.82, 2.24) is 5.32 Å². The molecule has 1 aromatic carbocycles. The Kier molecular flexibility index (Phi) is 6.66. The summed E-state index contributed by atoms with van der Waals surface area (Å²) in [7, 11) is 8.48. The molecule has 1 heterocycles. The van der Waals surface area contributed by atoms with Crippen LogP contribution in [-0.4, -0.2) is 45.3 Å². The van der Waals surface area contributed by atoms with Gasteiger partial charge in [-0.25, -0.2) is 0 Å². The molecular weight excluding hydrogens is 298 g/mol. The van der Waals surface area contributed by atoms with Gasteiger partial charge in [0.15, 0.2) is 0 Å². The van der Waals surface area contributed by atoms with Crippen molar-refractivity contribution >= 4 is 39.5 Å². The fourth-order valence-electron chi connectivity index (χ4n) is 2.08. The molecule has 0 aliphatic carbocycles. The Bertz CT molecular complexity index is 548. The van der Waals surface area contributed by atoms with Crippen molar-refractivity contribution in [3.05, 3.63) is 35.3 Å². The van der Waals surface area contributed by atoms with Gasteiger partial charge in [-0.2, -0.15) is 11.8 Å². The molecular formula is C15H20BN2OPS. The first-order valence-electron chi connectivity index (χ1n) is 6.96. The molecule has 21 heavy (non-hydrogen) atoms. The van der Waals surface area contributed by atoms with Crippen LogP contribution in [0.2, 0.25) is 0 Å². The molecule has 0 spiro atoms. The van der Waals surface area contributed by atoms with E-state index in [1.807, 2.05) is 43.1 Å². The highest BCUT2D eigenvalue weighted by Crippen LogP contribution is 2.37. The maximum atomic E-state index is 5.94. The van der Waals surface area contributed by atoms with Gasteiger partial charge in [-0.05, 0) is 42.3 Å². The molecule has 110 valence electrons. The van der Waals surface area contributed by atoms with E-state index in [1.54, 1.807) is 0 Å². The van der Waals surface area contributed by atoms with Crippen LogP contribution >= 0.6 is 20.3 Å². The lowest BCUT2D eigenvalue weighted by molar-refractivity contribution is 0.318. The molecule has 1 atom stereocenters. The lowest BCUT2D eigenvalue weighted by Crippen LogP contribution is -2.14. The topological polar surface area (TPSA) is 33.6 Å². The zero-order valence-electron chi connectivity index (χ0n) is 12.5. The summed E-state index contributed by atoms with van der Waals surface area (Å²) in [5.41, 5.74) is 3.77. The molecule has 0 amide bonds. The number of para-hydroxylation sites is 1. The first-order chi connectivity index (χ1) is 10.3. The maximum absolute atomic E-state index is 5.94. The lowest BCUT2D eigenvalue weighted by atomic mass is 10.0. The minimum Gasteiger partial charge on any atom is -0.493 e. The van der Waals surface area contributed by atoms with Crippen molar-refractivity contribution in [1.29, 1.82) is 0 Å². The summed E-state index contributed by atoms with van der Waals surface area (Å²) in [5, 5.41) is 3.25. The molecule has 2 rings (SSSR count). The minimum atomic E-state index is 0.632. The SMILES string of the molecule is [B]C1=NC(c2ccccc2OCCCSC)=C(NC)PC1. The number of thioether (sulfide) groups is 1. The van der Waals surface area contributed by atoms with Crippen molar-refractivity contribution < 1.29 is 4.74 Å². The van der Waals surface area contributed by atoms with E-state index in [9.17, 15) is 0 Å². The van der Waals surface area contributed by atoms with Crippen LogP contribution in [0.15, 0.2) is 34.7 Å². The lowest BCUT2D eigenvalue weighted by Gasteiger charge is -2.20. The maximum Gasteiger partial charge on any atom is 0.136 e. The van der Waals surface area contributed by atoms with Gasteiger partial charge < -0.3 is 10.1 Å². The molecule has 0 saturated carbocycles. The summed E-state index contributed by atoms with van der Waals surface area (Å²) in [4.78, 5) is 4.54. The summed E-state index contributed by atoms with van der Waals surface area (Å²) in [6.07, 6.45) is 3.98. The average molecular weight is 318 g/mol. The van der Waals surface area contributed by atoms with Crippen molar-refractivity contribution in [2.24, 2.45) is 4.99 Å². The Morgan fingerprint density at radius 1 is 1.43 bits per heavy atom. The number of benzene rings is 1. The third kappa shape index (κ3) is 4.52. The van der Waals surface area contributed by atoms with Gasteiger partial charge in [0.25, 0.3) is 0 Å². The third-order valence-electron chi connectivity index (χ3n) is 3.08. The molecule has 1 aromatic rings. The predicted molar refractivity (Wildman–Crippen MR) is 97.3 cm³/mol.